The Morgan fingerprint density at radius 1 is 1.00 bits per heavy atom. The Balaban J connectivity index is 1.39. The van der Waals surface area contributed by atoms with E-state index in [9.17, 15) is 4.79 Å². The van der Waals surface area contributed by atoms with Crippen molar-refractivity contribution in [2.45, 2.75) is 38.1 Å². The Bertz CT molecular complexity index is 1080. The van der Waals surface area contributed by atoms with Gasteiger partial charge in [0.15, 0.2) is 5.65 Å². The number of carbonyl (C=O) groups excluding carboxylic acids is 1. The lowest BCUT2D eigenvalue weighted by atomic mass is 9.96. The molecule has 0 radical (unpaired) electrons. The molecule has 2 aromatic heterocycles. The molecule has 0 atom stereocenters. The van der Waals surface area contributed by atoms with Crippen LogP contribution >= 0.6 is 0 Å². The number of benzene rings is 1. The smallest absolute Gasteiger partial charge is 0.320 e. The number of anilines is 3. The Morgan fingerprint density at radius 3 is 2.58 bits per heavy atom. The molecule has 3 heterocycles. The summed E-state index contributed by atoms with van der Waals surface area (Å²) in [6, 6.07) is 13.8. The molecule has 0 bridgehead atoms. The summed E-state index contributed by atoms with van der Waals surface area (Å²) >= 11 is 0. The highest BCUT2D eigenvalue weighted by Gasteiger charge is 2.23. The molecule has 1 aliphatic carbocycles. The van der Waals surface area contributed by atoms with Gasteiger partial charge in [-0.05, 0) is 37.1 Å². The van der Waals surface area contributed by atoms with E-state index in [0.29, 0.717) is 17.4 Å². The van der Waals surface area contributed by atoms with Crippen LogP contribution in [0.4, 0.5) is 22.2 Å². The van der Waals surface area contributed by atoms with Crippen LogP contribution < -0.4 is 21.0 Å². The zero-order valence-corrected chi connectivity index (χ0v) is 18.7. The zero-order valence-electron chi connectivity index (χ0n) is 18.7. The van der Waals surface area contributed by atoms with Crippen LogP contribution in [0.3, 0.4) is 0 Å². The summed E-state index contributed by atoms with van der Waals surface area (Å²) in [5.41, 5.74) is 1.55. The van der Waals surface area contributed by atoms with Gasteiger partial charge in [0.25, 0.3) is 0 Å². The molecule has 5 rings (SSSR count). The van der Waals surface area contributed by atoms with Crippen molar-refractivity contribution < 1.29 is 4.79 Å². The van der Waals surface area contributed by atoms with Crippen LogP contribution in [0.15, 0.2) is 48.7 Å². The first-order chi connectivity index (χ1) is 16.3. The second kappa shape index (κ2) is 10.1. The molecule has 2 fully saturated rings. The van der Waals surface area contributed by atoms with Crippen molar-refractivity contribution in [2.75, 3.05) is 36.5 Å². The van der Waals surface area contributed by atoms with Gasteiger partial charge < -0.3 is 10.6 Å². The minimum absolute atomic E-state index is 0.213. The molecule has 3 aromatic rings. The molecule has 1 saturated carbocycles. The second-order valence-corrected chi connectivity index (χ2v) is 8.56. The van der Waals surface area contributed by atoms with E-state index in [0.717, 1.165) is 50.1 Å². The molecule has 0 unspecified atom stereocenters. The van der Waals surface area contributed by atoms with Crippen molar-refractivity contribution in [1.29, 1.82) is 0 Å². The predicted molar refractivity (Wildman–Crippen MR) is 129 cm³/mol. The SMILES string of the molecule is O=C(Nc1ccc2cnc(N(c3ccccc3)N3CCNCC3)nc2n1)NC1CCCCC1. The number of carbonyl (C=O) groups is 1. The number of amides is 2. The van der Waals surface area contributed by atoms with Crippen molar-refractivity contribution in [3.8, 4) is 0 Å². The van der Waals surface area contributed by atoms with Crippen molar-refractivity contribution in [2.24, 2.45) is 0 Å². The molecule has 1 aromatic carbocycles. The molecule has 172 valence electrons. The van der Waals surface area contributed by atoms with E-state index in [4.69, 9.17) is 4.98 Å². The maximum atomic E-state index is 12.5. The van der Waals surface area contributed by atoms with Crippen molar-refractivity contribution in [3.63, 3.8) is 0 Å². The number of pyridine rings is 1. The van der Waals surface area contributed by atoms with E-state index in [1.807, 2.05) is 24.3 Å². The fourth-order valence-electron chi connectivity index (χ4n) is 4.48. The normalized spacial score (nSPS) is 17.6. The van der Waals surface area contributed by atoms with Crippen LogP contribution in [0.2, 0.25) is 0 Å². The Hall–Kier alpha value is -3.30. The average molecular weight is 447 g/mol. The van der Waals surface area contributed by atoms with Crippen molar-refractivity contribution >= 4 is 34.5 Å². The van der Waals surface area contributed by atoms with Crippen molar-refractivity contribution in [1.82, 2.24) is 30.6 Å². The maximum Gasteiger partial charge on any atom is 0.320 e. The van der Waals surface area contributed by atoms with Gasteiger partial charge in [-0.15, -0.1) is 0 Å². The lowest BCUT2D eigenvalue weighted by Crippen LogP contribution is -2.51. The first kappa shape index (κ1) is 21.5. The summed E-state index contributed by atoms with van der Waals surface area (Å²) in [4.78, 5) is 26.5. The van der Waals surface area contributed by atoms with Crippen LogP contribution in [0.1, 0.15) is 32.1 Å². The standard InChI is InChI=1S/C24H30N8O/c33-24(27-19-7-3-1-4-8-19)29-21-12-11-18-17-26-23(30-22(18)28-21)32(20-9-5-2-6-10-20)31-15-13-25-14-16-31/h2,5-6,9-12,17,19,25H,1,3-4,7-8,13-16H2,(H2,26,27,28,29,30,33). The van der Waals surface area contributed by atoms with Gasteiger partial charge in [0.1, 0.15) is 5.82 Å². The number of urea groups is 1. The summed E-state index contributed by atoms with van der Waals surface area (Å²) in [5, 5.41) is 14.4. The molecular formula is C24H30N8O. The second-order valence-electron chi connectivity index (χ2n) is 8.56. The predicted octanol–water partition coefficient (Wildman–Crippen LogP) is 3.44. The van der Waals surface area contributed by atoms with Crippen molar-refractivity contribution in [3.05, 3.63) is 48.7 Å². The number of hydrazine groups is 1. The van der Waals surface area contributed by atoms with Gasteiger partial charge in [-0.3, -0.25) is 5.32 Å². The van der Waals surface area contributed by atoms with Gasteiger partial charge in [0.05, 0.1) is 5.69 Å². The zero-order chi connectivity index (χ0) is 22.5. The third kappa shape index (κ3) is 5.20. The van der Waals surface area contributed by atoms with E-state index in [-0.39, 0.29) is 12.1 Å². The minimum atomic E-state index is -0.213. The molecule has 9 nitrogen and oxygen atoms in total. The van der Waals surface area contributed by atoms with Gasteiger partial charge >= 0.3 is 6.03 Å². The highest BCUT2D eigenvalue weighted by atomic mass is 16.2. The fraction of sp³-hybridized carbons (Fsp3) is 0.417. The molecular weight excluding hydrogens is 416 g/mol. The Kier molecular flexibility index (Phi) is 6.59. The lowest BCUT2D eigenvalue weighted by molar-refractivity contribution is 0.240. The van der Waals surface area contributed by atoms with Gasteiger partial charge in [-0.2, -0.15) is 4.98 Å². The van der Waals surface area contributed by atoms with E-state index in [2.05, 4.69) is 48.1 Å². The quantitative estimate of drug-likeness (QED) is 0.552. The Labute approximate surface area is 193 Å². The van der Waals surface area contributed by atoms with Gasteiger partial charge in [0.2, 0.25) is 5.95 Å². The molecule has 1 aliphatic heterocycles. The number of nitrogens with one attached hydrogen (secondary N) is 3. The summed E-state index contributed by atoms with van der Waals surface area (Å²) in [7, 11) is 0. The number of rotatable bonds is 5. The third-order valence-electron chi connectivity index (χ3n) is 6.18. The van der Waals surface area contributed by atoms with E-state index in [1.54, 1.807) is 12.3 Å². The number of para-hydroxylation sites is 1. The lowest BCUT2D eigenvalue weighted by Gasteiger charge is -2.37. The van der Waals surface area contributed by atoms with Crippen LogP contribution in [-0.2, 0) is 0 Å². The molecule has 0 spiro atoms. The highest BCUT2D eigenvalue weighted by Crippen LogP contribution is 2.26. The van der Waals surface area contributed by atoms with Crippen LogP contribution in [0, 0.1) is 0 Å². The fourth-order valence-corrected chi connectivity index (χ4v) is 4.48. The highest BCUT2D eigenvalue weighted by molar-refractivity contribution is 5.90. The minimum Gasteiger partial charge on any atom is -0.335 e. The third-order valence-corrected chi connectivity index (χ3v) is 6.18. The Morgan fingerprint density at radius 2 is 1.79 bits per heavy atom. The summed E-state index contributed by atoms with van der Waals surface area (Å²) in [6.07, 6.45) is 7.46. The van der Waals surface area contributed by atoms with E-state index >= 15 is 0 Å². The van der Waals surface area contributed by atoms with Gasteiger partial charge in [-0.1, -0.05) is 37.5 Å². The first-order valence-electron chi connectivity index (χ1n) is 11.8. The average Bonchev–Trinajstić information content (AvgIpc) is 2.86. The summed E-state index contributed by atoms with van der Waals surface area (Å²) < 4.78 is 0. The van der Waals surface area contributed by atoms with E-state index in [1.165, 1.54) is 19.3 Å². The first-order valence-corrected chi connectivity index (χ1v) is 11.8. The molecule has 3 N–H and O–H groups in total. The topological polar surface area (TPSA) is 98.3 Å². The molecule has 2 amide bonds. The summed E-state index contributed by atoms with van der Waals surface area (Å²) in [6.45, 7) is 3.51. The largest absolute Gasteiger partial charge is 0.335 e. The van der Waals surface area contributed by atoms with Gasteiger partial charge in [-0.25, -0.2) is 24.8 Å². The molecule has 33 heavy (non-hydrogen) atoms. The number of aromatic nitrogens is 3. The van der Waals surface area contributed by atoms with Crippen LogP contribution in [-0.4, -0.2) is 58.2 Å². The number of fused-ring (bicyclic) bond motifs is 1. The molecule has 1 saturated heterocycles. The van der Waals surface area contributed by atoms with E-state index < -0.39 is 0 Å². The number of nitrogens with zero attached hydrogens (tertiary/aromatic N) is 5. The van der Waals surface area contributed by atoms with Gasteiger partial charge in [0, 0.05) is 43.8 Å². The molecule has 2 aliphatic rings. The van der Waals surface area contributed by atoms with Crippen LogP contribution in [0.5, 0.6) is 0 Å². The summed E-state index contributed by atoms with van der Waals surface area (Å²) in [5.74, 6) is 1.04. The maximum absolute atomic E-state index is 12.5. The number of piperazine rings is 1. The molecule has 9 heteroatoms. The monoisotopic (exact) mass is 446 g/mol. The van der Waals surface area contributed by atoms with Crippen LogP contribution in [0.25, 0.3) is 11.0 Å². The number of hydrogen-bond donors (Lipinski definition) is 3. The number of hydrogen-bond acceptors (Lipinski definition) is 7.